The van der Waals surface area contributed by atoms with E-state index in [9.17, 15) is 14.4 Å². The van der Waals surface area contributed by atoms with Gasteiger partial charge in [-0.2, -0.15) is 0 Å². The number of quaternary nitrogens is 2. The molecule has 0 fully saturated rings. The molecule has 10 N–H and O–H groups in total. The summed E-state index contributed by atoms with van der Waals surface area (Å²) in [5.74, 6) is -1.88. The van der Waals surface area contributed by atoms with Gasteiger partial charge in [0, 0.05) is 22.9 Å². The van der Waals surface area contributed by atoms with Crippen LogP contribution in [-0.2, 0) is 15.6 Å². The van der Waals surface area contributed by atoms with Gasteiger partial charge in [-0.3, -0.25) is 8.97 Å². The van der Waals surface area contributed by atoms with E-state index in [2.05, 4.69) is 9.97 Å². The zero-order valence-electron chi connectivity index (χ0n) is 17.6. The molecule has 1 aromatic rings. The van der Waals surface area contributed by atoms with Crippen molar-refractivity contribution < 1.29 is 73.4 Å². The van der Waals surface area contributed by atoms with Gasteiger partial charge in [0.2, 0.25) is 0 Å². The van der Waals surface area contributed by atoms with Crippen LogP contribution in [0.25, 0.3) is 0 Å². The predicted octanol–water partition coefficient (Wildman–Crippen LogP) is -5.62. The average Bonchev–Trinajstić information content (AvgIpc) is 3.25. The molecule has 0 aliphatic carbocycles. The third-order valence-corrected chi connectivity index (χ3v) is 4.28. The Balaban J connectivity index is -0.000000374. The third kappa shape index (κ3) is 19.7. The molecular formula is C13H33N4O13P2+. The molecule has 32 heavy (non-hydrogen) atoms. The van der Waals surface area contributed by atoms with Crippen molar-refractivity contribution >= 4 is 15.9 Å². The van der Waals surface area contributed by atoms with E-state index in [1.165, 1.54) is 12.5 Å². The number of nitrogens with zero attached hydrogens (tertiary/aromatic N) is 3. The zero-order valence-corrected chi connectivity index (χ0v) is 19.4. The lowest BCUT2D eigenvalue weighted by Crippen LogP contribution is -2.46. The molecule has 1 aromatic heterocycles. The standard InChI is InChI=1S/C5H9N2O4P.2C4H12NO3.HO3P/c8-5(12(9,10)11)1-4-2-6-3-7-4;2*1-5(2-6,3-7)4-8;1-4(2)3/h2-3,5,8H,1H2,(H,6,7)(H2,9,10,11);2*6-8H,2-4H2,1H3;(H-,1,2,3)/q;2*+1;/p-1. The van der Waals surface area contributed by atoms with Gasteiger partial charge in [0.1, 0.15) is 0 Å². The molecule has 0 aliphatic rings. The van der Waals surface area contributed by atoms with Gasteiger partial charge in [0.25, 0.3) is 0 Å². The predicted molar refractivity (Wildman–Crippen MR) is 103 cm³/mol. The van der Waals surface area contributed by atoms with Crippen LogP contribution in [0.1, 0.15) is 5.69 Å². The molecule has 19 heteroatoms. The number of nitrogens with one attached hydrogen (secondary N) is 1. The molecule has 0 bridgehead atoms. The Morgan fingerprint density at radius 2 is 1.28 bits per heavy atom. The SMILES string of the molecule is C[N+](CO)(CO)CO.C[N+](CO)(CO)CO.O=P([O-])([O-])C(O)Cc1cnc[nH]1.O=[P+](O)O. The lowest BCUT2D eigenvalue weighted by atomic mass is 10.3. The molecule has 0 aromatic carbocycles. The second-order valence-electron chi connectivity index (χ2n) is 6.64. The van der Waals surface area contributed by atoms with Crippen molar-refractivity contribution in [3.05, 3.63) is 18.2 Å². The summed E-state index contributed by atoms with van der Waals surface area (Å²) < 4.78 is 18.7. The summed E-state index contributed by atoms with van der Waals surface area (Å²) in [6.07, 6.45) is 2.44. The van der Waals surface area contributed by atoms with Gasteiger partial charge in [0.05, 0.1) is 26.3 Å². The Morgan fingerprint density at radius 1 is 0.969 bits per heavy atom. The van der Waals surface area contributed by atoms with Crippen LogP contribution >= 0.6 is 15.9 Å². The van der Waals surface area contributed by atoms with Gasteiger partial charge >= 0.3 is 8.25 Å². The largest absolute Gasteiger partial charge is 0.809 e. The minimum absolute atomic E-state index is 0.125. The molecule has 0 amide bonds. The first-order valence-corrected chi connectivity index (χ1v) is 11.2. The van der Waals surface area contributed by atoms with Gasteiger partial charge in [-0.15, -0.1) is 9.79 Å². The van der Waals surface area contributed by atoms with Gasteiger partial charge in [0.15, 0.2) is 40.4 Å². The molecule has 0 saturated heterocycles. The summed E-state index contributed by atoms with van der Waals surface area (Å²) in [6, 6.07) is 0. The first-order chi connectivity index (χ1) is 14.6. The fourth-order valence-corrected chi connectivity index (χ4v) is 1.39. The van der Waals surface area contributed by atoms with Crippen LogP contribution < -0.4 is 9.79 Å². The van der Waals surface area contributed by atoms with Crippen molar-refractivity contribution in [1.29, 1.82) is 0 Å². The maximum absolute atomic E-state index is 10.2. The molecule has 1 unspecified atom stereocenters. The van der Waals surface area contributed by atoms with Crippen molar-refractivity contribution in [2.75, 3.05) is 54.5 Å². The monoisotopic (exact) mass is 515 g/mol. The van der Waals surface area contributed by atoms with Crippen molar-refractivity contribution in [1.82, 2.24) is 9.97 Å². The molecule has 1 atom stereocenters. The number of hydrogen-bond donors (Lipinski definition) is 10. The third-order valence-electron chi connectivity index (χ3n) is 3.37. The number of aromatic amines is 1. The molecule has 192 valence electrons. The van der Waals surface area contributed by atoms with E-state index in [0.717, 1.165) is 0 Å². The van der Waals surface area contributed by atoms with Crippen molar-refractivity contribution in [3.8, 4) is 0 Å². The van der Waals surface area contributed by atoms with Crippen LogP contribution in [0, 0.1) is 0 Å². The highest BCUT2D eigenvalue weighted by molar-refractivity contribution is 7.49. The van der Waals surface area contributed by atoms with Gasteiger partial charge in [-0.25, -0.2) is 4.98 Å². The van der Waals surface area contributed by atoms with E-state index in [1.54, 1.807) is 14.1 Å². The van der Waals surface area contributed by atoms with E-state index in [0.29, 0.717) is 5.69 Å². The number of rotatable bonds is 9. The van der Waals surface area contributed by atoms with Crippen LogP contribution in [0.5, 0.6) is 0 Å². The lowest BCUT2D eigenvalue weighted by molar-refractivity contribution is -0.960. The molecule has 1 heterocycles. The number of imidazole rings is 1. The quantitative estimate of drug-likeness (QED) is 0.0833. The summed E-state index contributed by atoms with van der Waals surface area (Å²) in [5.41, 5.74) is 0.412. The Morgan fingerprint density at radius 3 is 1.44 bits per heavy atom. The summed E-state index contributed by atoms with van der Waals surface area (Å²) in [4.78, 5) is 40.9. The van der Waals surface area contributed by atoms with Crippen LogP contribution in [0.15, 0.2) is 12.5 Å². The molecule has 0 aliphatic heterocycles. The van der Waals surface area contributed by atoms with E-state index >= 15 is 0 Å². The maximum Gasteiger partial charge on any atom is 0.692 e. The second kappa shape index (κ2) is 18.4. The van der Waals surface area contributed by atoms with Gasteiger partial charge < -0.3 is 55.1 Å². The van der Waals surface area contributed by atoms with E-state index in [1.807, 2.05) is 0 Å². The van der Waals surface area contributed by atoms with E-state index in [4.69, 9.17) is 50.1 Å². The van der Waals surface area contributed by atoms with Crippen LogP contribution in [-0.4, -0.2) is 125 Å². The minimum atomic E-state index is -4.89. The highest BCUT2D eigenvalue weighted by atomic mass is 31.2. The molecule has 0 spiro atoms. The fourth-order valence-electron chi connectivity index (χ4n) is 0.973. The summed E-state index contributed by atoms with van der Waals surface area (Å²) in [7, 11) is -4.68. The fraction of sp³-hybridized carbons (Fsp3) is 0.769. The second-order valence-corrected chi connectivity index (χ2v) is 8.82. The van der Waals surface area contributed by atoms with Gasteiger partial charge in [-0.05, 0) is 7.60 Å². The van der Waals surface area contributed by atoms with Crippen molar-refractivity contribution in [2.24, 2.45) is 0 Å². The van der Waals surface area contributed by atoms with Crippen LogP contribution in [0.4, 0.5) is 0 Å². The summed E-state index contributed by atoms with van der Waals surface area (Å²) in [5, 5.41) is 59.4. The Bertz CT molecular complexity index is 585. The first-order valence-electron chi connectivity index (χ1n) is 8.44. The molecule has 17 nitrogen and oxygen atoms in total. The van der Waals surface area contributed by atoms with Crippen molar-refractivity contribution in [3.63, 3.8) is 0 Å². The number of aliphatic hydroxyl groups excluding tert-OH is 7. The number of aliphatic hydroxyl groups is 7. The Kier molecular flexibility index (Phi) is 20.5. The first kappa shape index (κ1) is 35.6. The summed E-state index contributed by atoms with van der Waals surface area (Å²) in [6.45, 7) is -1.46. The summed E-state index contributed by atoms with van der Waals surface area (Å²) >= 11 is 0. The van der Waals surface area contributed by atoms with Gasteiger partial charge in [-0.1, -0.05) is 0 Å². The lowest BCUT2D eigenvalue weighted by Gasteiger charge is -2.34. The average molecular weight is 515 g/mol. The Labute approximate surface area is 185 Å². The van der Waals surface area contributed by atoms with E-state index in [-0.39, 0.29) is 55.8 Å². The maximum atomic E-state index is 10.2. The zero-order chi connectivity index (χ0) is 26.0. The number of hydrogen-bond acceptors (Lipinski definition) is 12. The molecule has 0 saturated carbocycles. The number of H-pyrrole nitrogens is 1. The minimum Gasteiger partial charge on any atom is -0.809 e. The van der Waals surface area contributed by atoms with Crippen LogP contribution in [0.3, 0.4) is 0 Å². The highest BCUT2D eigenvalue weighted by Crippen LogP contribution is 2.30. The Hall–Kier alpha value is -0.980. The number of aromatic nitrogens is 2. The topological polar surface area (TPSA) is 291 Å². The smallest absolute Gasteiger partial charge is 0.692 e. The molecule has 1 rings (SSSR count). The normalized spacial score (nSPS) is 12.3. The highest BCUT2D eigenvalue weighted by Gasteiger charge is 2.16. The van der Waals surface area contributed by atoms with Crippen molar-refractivity contribution in [2.45, 2.75) is 12.3 Å². The molecule has 0 radical (unpaired) electrons. The van der Waals surface area contributed by atoms with E-state index < -0.39 is 21.7 Å². The van der Waals surface area contributed by atoms with Crippen LogP contribution in [0.2, 0.25) is 0 Å². The molecular weight excluding hydrogens is 482 g/mol.